The first-order valence-corrected chi connectivity index (χ1v) is 7.13. The standard InChI is InChI=1S/C16H21FN4/c1-11(2)19-16-20-12(3)10-15(21-16)18-9-8-13-4-6-14(17)7-5-13/h4-7,10-11H,8-9H2,1-3H3,(H2,18,19,20,21). The molecule has 112 valence electrons. The molecule has 0 radical (unpaired) electrons. The maximum Gasteiger partial charge on any atom is 0.225 e. The van der Waals surface area contributed by atoms with E-state index in [1.54, 1.807) is 12.1 Å². The minimum atomic E-state index is -0.206. The Morgan fingerprint density at radius 3 is 2.52 bits per heavy atom. The van der Waals surface area contributed by atoms with Gasteiger partial charge in [0, 0.05) is 24.3 Å². The molecule has 0 spiro atoms. The fourth-order valence-electron chi connectivity index (χ4n) is 1.97. The number of hydrogen-bond acceptors (Lipinski definition) is 4. The molecular formula is C16H21FN4. The molecular weight excluding hydrogens is 267 g/mol. The van der Waals surface area contributed by atoms with Gasteiger partial charge in [0.05, 0.1) is 0 Å². The zero-order valence-electron chi connectivity index (χ0n) is 12.7. The Labute approximate surface area is 124 Å². The monoisotopic (exact) mass is 288 g/mol. The van der Waals surface area contributed by atoms with Crippen LogP contribution in [-0.4, -0.2) is 22.6 Å². The number of nitrogens with one attached hydrogen (secondary N) is 2. The highest BCUT2D eigenvalue weighted by atomic mass is 19.1. The molecule has 0 aliphatic heterocycles. The molecule has 1 aromatic heterocycles. The van der Waals surface area contributed by atoms with Gasteiger partial charge in [-0.2, -0.15) is 4.98 Å². The van der Waals surface area contributed by atoms with Crippen LogP contribution in [0.2, 0.25) is 0 Å². The lowest BCUT2D eigenvalue weighted by molar-refractivity contribution is 0.627. The van der Waals surface area contributed by atoms with Gasteiger partial charge in [-0.15, -0.1) is 0 Å². The molecule has 1 heterocycles. The van der Waals surface area contributed by atoms with Gasteiger partial charge in [0.25, 0.3) is 0 Å². The number of aromatic nitrogens is 2. The number of aryl methyl sites for hydroxylation is 1. The molecule has 2 N–H and O–H groups in total. The third-order valence-corrected chi connectivity index (χ3v) is 2.91. The van der Waals surface area contributed by atoms with Gasteiger partial charge in [0.2, 0.25) is 5.95 Å². The van der Waals surface area contributed by atoms with Gasteiger partial charge < -0.3 is 10.6 Å². The van der Waals surface area contributed by atoms with Gasteiger partial charge in [0.15, 0.2) is 0 Å². The third kappa shape index (κ3) is 5.02. The summed E-state index contributed by atoms with van der Waals surface area (Å²) in [6, 6.07) is 8.76. The minimum absolute atomic E-state index is 0.206. The molecule has 0 saturated heterocycles. The van der Waals surface area contributed by atoms with E-state index in [1.165, 1.54) is 12.1 Å². The van der Waals surface area contributed by atoms with E-state index >= 15 is 0 Å². The van der Waals surface area contributed by atoms with Crippen LogP contribution in [-0.2, 0) is 6.42 Å². The lowest BCUT2D eigenvalue weighted by atomic mass is 10.1. The van der Waals surface area contributed by atoms with Gasteiger partial charge in [-0.25, -0.2) is 9.37 Å². The van der Waals surface area contributed by atoms with E-state index in [2.05, 4.69) is 20.6 Å². The SMILES string of the molecule is Cc1cc(NCCc2ccc(F)cc2)nc(NC(C)C)n1. The fourth-order valence-corrected chi connectivity index (χ4v) is 1.97. The molecule has 5 heteroatoms. The van der Waals surface area contributed by atoms with Crippen LogP contribution in [0.25, 0.3) is 0 Å². The zero-order chi connectivity index (χ0) is 15.2. The average Bonchev–Trinajstić information content (AvgIpc) is 2.39. The number of hydrogen-bond donors (Lipinski definition) is 2. The molecule has 1 aromatic carbocycles. The molecule has 2 rings (SSSR count). The molecule has 2 aromatic rings. The lowest BCUT2D eigenvalue weighted by Gasteiger charge is -2.11. The summed E-state index contributed by atoms with van der Waals surface area (Å²) in [4.78, 5) is 8.77. The molecule has 0 aliphatic carbocycles. The van der Waals surface area contributed by atoms with Crippen LogP contribution in [0.3, 0.4) is 0 Å². The van der Waals surface area contributed by atoms with Gasteiger partial charge in [-0.1, -0.05) is 12.1 Å². The first kappa shape index (κ1) is 15.2. The highest BCUT2D eigenvalue weighted by Gasteiger charge is 2.03. The van der Waals surface area contributed by atoms with Crippen LogP contribution in [0.4, 0.5) is 16.2 Å². The zero-order valence-corrected chi connectivity index (χ0v) is 12.7. The van der Waals surface area contributed by atoms with Crippen LogP contribution in [0, 0.1) is 12.7 Å². The first-order valence-electron chi connectivity index (χ1n) is 7.13. The van der Waals surface area contributed by atoms with Crippen molar-refractivity contribution < 1.29 is 4.39 Å². The molecule has 0 aliphatic rings. The summed E-state index contributed by atoms with van der Waals surface area (Å²) in [5.41, 5.74) is 2.01. The summed E-state index contributed by atoms with van der Waals surface area (Å²) in [7, 11) is 0. The predicted molar refractivity (Wildman–Crippen MR) is 84.1 cm³/mol. The van der Waals surface area contributed by atoms with Crippen molar-refractivity contribution in [2.24, 2.45) is 0 Å². The van der Waals surface area contributed by atoms with Crippen molar-refractivity contribution in [3.05, 3.63) is 47.4 Å². The number of rotatable bonds is 6. The second-order valence-corrected chi connectivity index (χ2v) is 5.32. The number of halogens is 1. The Bertz CT molecular complexity index is 581. The van der Waals surface area contributed by atoms with Crippen molar-refractivity contribution in [3.63, 3.8) is 0 Å². The lowest BCUT2D eigenvalue weighted by Crippen LogP contribution is -2.14. The van der Waals surface area contributed by atoms with Crippen molar-refractivity contribution in [1.29, 1.82) is 0 Å². The molecule has 21 heavy (non-hydrogen) atoms. The molecule has 4 nitrogen and oxygen atoms in total. The number of benzene rings is 1. The molecule has 0 amide bonds. The van der Waals surface area contributed by atoms with Gasteiger partial charge in [0.1, 0.15) is 11.6 Å². The van der Waals surface area contributed by atoms with E-state index in [1.807, 2.05) is 26.8 Å². The summed E-state index contributed by atoms with van der Waals surface area (Å²) in [6.07, 6.45) is 0.816. The molecule has 0 unspecified atom stereocenters. The number of nitrogens with zero attached hydrogens (tertiary/aromatic N) is 2. The van der Waals surface area contributed by atoms with Crippen LogP contribution < -0.4 is 10.6 Å². The molecule has 0 saturated carbocycles. The van der Waals surface area contributed by atoms with Crippen LogP contribution in [0.5, 0.6) is 0 Å². The Morgan fingerprint density at radius 1 is 1.14 bits per heavy atom. The van der Waals surface area contributed by atoms with E-state index in [9.17, 15) is 4.39 Å². The Hall–Kier alpha value is -2.17. The van der Waals surface area contributed by atoms with Gasteiger partial charge in [-0.05, 0) is 44.9 Å². The van der Waals surface area contributed by atoms with E-state index in [0.29, 0.717) is 12.0 Å². The highest BCUT2D eigenvalue weighted by Crippen LogP contribution is 2.11. The second-order valence-electron chi connectivity index (χ2n) is 5.32. The third-order valence-electron chi connectivity index (χ3n) is 2.91. The summed E-state index contributed by atoms with van der Waals surface area (Å²) in [5.74, 6) is 1.23. The minimum Gasteiger partial charge on any atom is -0.370 e. The van der Waals surface area contributed by atoms with Crippen molar-refractivity contribution >= 4 is 11.8 Å². The van der Waals surface area contributed by atoms with E-state index < -0.39 is 0 Å². The average molecular weight is 288 g/mol. The highest BCUT2D eigenvalue weighted by molar-refractivity contribution is 5.42. The smallest absolute Gasteiger partial charge is 0.225 e. The maximum absolute atomic E-state index is 12.8. The summed E-state index contributed by atoms with van der Waals surface area (Å²) >= 11 is 0. The van der Waals surface area contributed by atoms with E-state index in [-0.39, 0.29) is 5.82 Å². The Morgan fingerprint density at radius 2 is 1.86 bits per heavy atom. The van der Waals surface area contributed by atoms with Crippen molar-refractivity contribution in [2.75, 3.05) is 17.2 Å². The normalized spacial score (nSPS) is 10.7. The van der Waals surface area contributed by atoms with Crippen LogP contribution in [0.1, 0.15) is 25.1 Å². The quantitative estimate of drug-likeness (QED) is 0.855. The second kappa shape index (κ2) is 7.02. The van der Waals surface area contributed by atoms with Crippen molar-refractivity contribution in [3.8, 4) is 0 Å². The molecule has 0 fully saturated rings. The van der Waals surface area contributed by atoms with E-state index in [0.717, 1.165) is 30.0 Å². The Kier molecular flexibility index (Phi) is 5.09. The van der Waals surface area contributed by atoms with Crippen molar-refractivity contribution in [1.82, 2.24) is 9.97 Å². The summed E-state index contributed by atoms with van der Waals surface area (Å²) in [5, 5.41) is 6.47. The summed E-state index contributed by atoms with van der Waals surface area (Å²) in [6.45, 7) is 6.78. The van der Waals surface area contributed by atoms with Gasteiger partial charge in [-0.3, -0.25) is 0 Å². The van der Waals surface area contributed by atoms with Gasteiger partial charge >= 0.3 is 0 Å². The maximum atomic E-state index is 12.8. The Balaban J connectivity index is 1.93. The fraction of sp³-hybridized carbons (Fsp3) is 0.375. The molecule has 0 bridgehead atoms. The predicted octanol–water partition coefficient (Wildman–Crippen LogP) is 3.40. The van der Waals surface area contributed by atoms with E-state index in [4.69, 9.17) is 0 Å². The van der Waals surface area contributed by atoms with Crippen molar-refractivity contribution in [2.45, 2.75) is 33.2 Å². The first-order chi connectivity index (χ1) is 10.0. The van der Waals surface area contributed by atoms with Crippen LogP contribution >= 0.6 is 0 Å². The van der Waals surface area contributed by atoms with Crippen LogP contribution in [0.15, 0.2) is 30.3 Å². The molecule has 0 atom stereocenters. The topological polar surface area (TPSA) is 49.8 Å². The summed E-state index contributed by atoms with van der Waals surface area (Å²) < 4.78 is 12.8. The largest absolute Gasteiger partial charge is 0.370 e. The number of anilines is 2.